The maximum Gasteiger partial charge on any atom is 0.243 e. The largest absolute Gasteiger partial charge is 0.352 e. The highest BCUT2D eigenvalue weighted by atomic mass is 79.9. The van der Waals surface area contributed by atoms with Crippen molar-refractivity contribution in [2.45, 2.75) is 51.7 Å². The second-order valence-corrected chi connectivity index (χ2v) is 9.87. The van der Waals surface area contributed by atoms with Gasteiger partial charge in [0.1, 0.15) is 11.9 Å². The lowest BCUT2D eigenvalue weighted by atomic mass is 10.0. The Labute approximate surface area is 219 Å². The van der Waals surface area contributed by atoms with Crippen molar-refractivity contribution in [2.24, 2.45) is 0 Å². The summed E-state index contributed by atoms with van der Waals surface area (Å²) in [5, 5.41) is 3.21. The summed E-state index contributed by atoms with van der Waals surface area (Å²) >= 11 is 9.65. The van der Waals surface area contributed by atoms with Crippen molar-refractivity contribution in [1.29, 1.82) is 0 Å². The number of carbonyl (C=O) groups is 2. The van der Waals surface area contributed by atoms with Crippen molar-refractivity contribution in [1.82, 2.24) is 10.2 Å². The van der Waals surface area contributed by atoms with E-state index in [0.717, 1.165) is 22.0 Å². The molecule has 184 valence electrons. The topological polar surface area (TPSA) is 49.4 Å². The Hall–Kier alpha value is -2.70. The summed E-state index contributed by atoms with van der Waals surface area (Å²) in [5.74, 6) is -1.16. The molecular weight excluding hydrogens is 531 g/mol. The van der Waals surface area contributed by atoms with Crippen LogP contribution >= 0.6 is 27.5 Å². The van der Waals surface area contributed by atoms with Crippen LogP contribution in [0.3, 0.4) is 0 Å². The Kier molecular flexibility index (Phi) is 9.87. The molecule has 7 heteroatoms. The minimum Gasteiger partial charge on any atom is -0.352 e. The molecule has 2 atom stereocenters. The van der Waals surface area contributed by atoms with E-state index in [0.29, 0.717) is 6.42 Å². The molecular formula is C28H29BrClFN2O2. The third-order valence-corrected chi connectivity index (χ3v) is 6.81. The van der Waals surface area contributed by atoms with Gasteiger partial charge in [-0.05, 0) is 48.7 Å². The molecule has 0 heterocycles. The molecule has 0 aliphatic heterocycles. The molecule has 0 bridgehead atoms. The quantitative estimate of drug-likeness (QED) is 0.315. The van der Waals surface area contributed by atoms with Gasteiger partial charge in [0, 0.05) is 34.1 Å². The van der Waals surface area contributed by atoms with Crippen molar-refractivity contribution in [2.75, 3.05) is 0 Å². The molecule has 0 aromatic heterocycles. The molecule has 1 N–H and O–H groups in total. The van der Waals surface area contributed by atoms with Gasteiger partial charge in [-0.15, -0.1) is 0 Å². The van der Waals surface area contributed by atoms with Crippen LogP contribution in [0.2, 0.25) is 5.02 Å². The van der Waals surface area contributed by atoms with Crippen LogP contribution in [0.25, 0.3) is 0 Å². The molecule has 0 aliphatic carbocycles. The van der Waals surface area contributed by atoms with E-state index >= 15 is 0 Å². The van der Waals surface area contributed by atoms with Crippen molar-refractivity contribution in [3.05, 3.63) is 105 Å². The van der Waals surface area contributed by atoms with Gasteiger partial charge in [-0.3, -0.25) is 9.59 Å². The third kappa shape index (κ3) is 7.64. The molecule has 0 saturated heterocycles. The SMILES string of the molecule is CC[C@@H](C)NC(=O)[C@H](Cc1ccccc1)N(Cc1ccc(Br)cc1)C(=O)Cc1c(F)cccc1Cl. The Bertz CT molecular complexity index is 1120. The highest BCUT2D eigenvalue weighted by Gasteiger charge is 2.31. The third-order valence-electron chi connectivity index (χ3n) is 5.93. The molecule has 35 heavy (non-hydrogen) atoms. The molecule has 0 spiro atoms. The smallest absolute Gasteiger partial charge is 0.243 e. The zero-order valence-electron chi connectivity index (χ0n) is 19.8. The van der Waals surface area contributed by atoms with Gasteiger partial charge in [-0.1, -0.05) is 83.0 Å². The molecule has 3 aromatic carbocycles. The van der Waals surface area contributed by atoms with E-state index in [1.54, 1.807) is 6.07 Å². The lowest BCUT2D eigenvalue weighted by molar-refractivity contribution is -0.141. The molecule has 0 saturated carbocycles. The van der Waals surface area contributed by atoms with E-state index in [-0.39, 0.29) is 41.4 Å². The molecule has 0 fully saturated rings. The fraction of sp³-hybridized carbons (Fsp3) is 0.286. The fourth-order valence-corrected chi connectivity index (χ4v) is 4.23. The van der Waals surface area contributed by atoms with Gasteiger partial charge in [0.25, 0.3) is 0 Å². The van der Waals surface area contributed by atoms with Crippen LogP contribution in [-0.2, 0) is 29.0 Å². The van der Waals surface area contributed by atoms with Crippen molar-refractivity contribution in [3.8, 4) is 0 Å². The second-order valence-electron chi connectivity index (χ2n) is 8.55. The number of amides is 2. The zero-order chi connectivity index (χ0) is 25.4. The molecule has 4 nitrogen and oxygen atoms in total. The average molecular weight is 560 g/mol. The van der Waals surface area contributed by atoms with E-state index in [1.807, 2.05) is 68.4 Å². The zero-order valence-corrected chi connectivity index (χ0v) is 22.2. The van der Waals surface area contributed by atoms with Crippen LogP contribution in [0.5, 0.6) is 0 Å². The number of carbonyl (C=O) groups excluding carboxylic acids is 2. The summed E-state index contributed by atoms with van der Waals surface area (Å²) in [5.41, 5.74) is 1.91. The maximum atomic E-state index is 14.5. The minimum absolute atomic E-state index is 0.0496. The number of benzene rings is 3. The predicted molar refractivity (Wildman–Crippen MR) is 142 cm³/mol. The Morgan fingerprint density at radius 3 is 2.31 bits per heavy atom. The van der Waals surface area contributed by atoms with E-state index in [2.05, 4.69) is 21.2 Å². The van der Waals surface area contributed by atoms with E-state index in [9.17, 15) is 14.0 Å². The van der Waals surface area contributed by atoms with Crippen molar-refractivity contribution >= 4 is 39.3 Å². The van der Waals surface area contributed by atoms with Crippen LogP contribution in [0, 0.1) is 5.82 Å². The van der Waals surface area contributed by atoms with Gasteiger partial charge in [0.2, 0.25) is 11.8 Å². The van der Waals surface area contributed by atoms with Gasteiger partial charge >= 0.3 is 0 Å². The average Bonchev–Trinajstić information content (AvgIpc) is 2.85. The highest BCUT2D eigenvalue weighted by Crippen LogP contribution is 2.23. The highest BCUT2D eigenvalue weighted by molar-refractivity contribution is 9.10. The van der Waals surface area contributed by atoms with Gasteiger partial charge in [-0.25, -0.2) is 4.39 Å². The van der Waals surface area contributed by atoms with E-state index < -0.39 is 11.9 Å². The summed E-state index contributed by atoms with van der Waals surface area (Å²) in [6.07, 6.45) is 0.843. The van der Waals surface area contributed by atoms with Gasteiger partial charge in [-0.2, -0.15) is 0 Å². The van der Waals surface area contributed by atoms with Crippen LogP contribution in [0.15, 0.2) is 77.3 Å². The first kappa shape index (κ1) is 26.9. The Balaban J connectivity index is 2.00. The first-order valence-corrected chi connectivity index (χ1v) is 12.8. The van der Waals surface area contributed by atoms with Crippen LogP contribution in [0.4, 0.5) is 4.39 Å². The molecule has 0 radical (unpaired) electrons. The second kappa shape index (κ2) is 12.8. The molecule has 0 aliphatic rings. The lowest BCUT2D eigenvalue weighted by Crippen LogP contribution is -2.52. The number of nitrogens with zero attached hydrogens (tertiary/aromatic N) is 1. The molecule has 3 aromatic rings. The first-order chi connectivity index (χ1) is 16.8. The molecule has 0 unspecified atom stereocenters. The Morgan fingerprint density at radius 2 is 1.69 bits per heavy atom. The fourth-order valence-electron chi connectivity index (χ4n) is 3.74. The van der Waals surface area contributed by atoms with Crippen LogP contribution < -0.4 is 5.32 Å². The van der Waals surface area contributed by atoms with Crippen molar-refractivity contribution in [3.63, 3.8) is 0 Å². The number of hydrogen-bond acceptors (Lipinski definition) is 2. The van der Waals surface area contributed by atoms with E-state index in [4.69, 9.17) is 11.6 Å². The maximum absolute atomic E-state index is 14.5. The minimum atomic E-state index is -0.784. The van der Waals surface area contributed by atoms with Crippen LogP contribution in [-0.4, -0.2) is 28.8 Å². The summed E-state index contributed by atoms with van der Waals surface area (Å²) in [7, 11) is 0. The van der Waals surface area contributed by atoms with Crippen molar-refractivity contribution < 1.29 is 14.0 Å². The Morgan fingerprint density at radius 1 is 1.00 bits per heavy atom. The molecule has 2 amide bonds. The summed E-state index contributed by atoms with van der Waals surface area (Å²) < 4.78 is 15.4. The number of halogens is 3. The molecule has 3 rings (SSSR count). The van der Waals surface area contributed by atoms with Crippen LogP contribution in [0.1, 0.15) is 37.0 Å². The normalized spacial score (nSPS) is 12.6. The number of rotatable bonds is 10. The summed E-state index contributed by atoms with van der Waals surface area (Å²) in [6, 6.07) is 20.6. The summed E-state index contributed by atoms with van der Waals surface area (Å²) in [4.78, 5) is 28.7. The lowest BCUT2D eigenvalue weighted by Gasteiger charge is -2.32. The van der Waals surface area contributed by atoms with Gasteiger partial charge < -0.3 is 10.2 Å². The summed E-state index contributed by atoms with van der Waals surface area (Å²) in [6.45, 7) is 4.11. The van der Waals surface area contributed by atoms with Gasteiger partial charge in [0.05, 0.1) is 6.42 Å². The number of nitrogens with one attached hydrogen (secondary N) is 1. The number of hydrogen-bond donors (Lipinski definition) is 1. The first-order valence-electron chi connectivity index (χ1n) is 11.6. The van der Waals surface area contributed by atoms with Gasteiger partial charge in [0.15, 0.2) is 0 Å². The predicted octanol–water partition coefficient (Wildman–Crippen LogP) is 6.34. The monoisotopic (exact) mass is 558 g/mol. The van der Waals surface area contributed by atoms with E-state index in [1.165, 1.54) is 17.0 Å². The standard InChI is InChI=1S/C28H29BrClFN2O2/c1-3-19(2)32-28(35)26(16-20-8-5-4-6-9-20)33(18-21-12-14-22(29)15-13-21)27(34)17-23-24(30)10-7-11-25(23)31/h4-15,19,26H,3,16-18H2,1-2H3,(H,32,35)/t19-,26+/m1/s1.